The van der Waals surface area contributed by atoms with E-state index in [1.807, 2.05) is 30.3 Å². The van der Waals surface area contributed by atoms with Gasteiger partial charge in [0.2, 0.25) is 0 Å². The number of ether oxygens (including phenoxy) is 1. The highest BCUT2D eigenvalue weighted by Gasteiger charge is 2.25. The van der Waals surface area contributed by atoms with E-state index < -0.39 is 0 Å². The van der Waals surface area contributed by atoms with E-state index in [1.165, 1.54) is 6.08 Å². The number of benzene rings is 1. The van der Waals surface area contributed by atoms with Crippen LogP contribution in [0, 0.1) is 5.92 Å². The number of nitrogens with zero attached hydrogens (tertiary/aromatic N) is 1. The second kappa shape index (κ2) is 6.19. The molecular weight excluding hydrogens is 233 g/mol. The Morgan fingerprint density at radius 1 is 1.44 bits per heavy atom. The lowest BCUT2D eigenvalue weighted by Crippen LogP contribution is -2.29. The molecule has 1 amide bonds. The van der Waals surface area contributed by atoms with Crippen molar-refractivity contribution in [3.05, 3.63) is 48.3 Å². The number of carbonyl (C=O) groups excluding carboxylic acids is 1. The molecule has 1 aliphatic rings. The lowest BCUT2D eigenvalue weighted by atomic mass is 10.1. The van der Waals surface area contributed by atoms with Crippen molar-refractivity contribution >= 4 is 6.09 Å². The summed E-state index contributed by atoms with van der Waals surface area (Å²) in [5.41, 5.74) is 0.963. The molecular formula is C14H16FNO2. The highest BCUT2D eigenvalue weighted by molar-refractivity contribution is 5.68. The van der Waals surface area contributed by atoms with E-state index in [4.69, 9.17) is 4.74 Å². The third-order valence-electron chi connectivity index (χ3n) is 3.03. The van der Waals surface area contributed by atoms with E-state index in [9.17, 15) is 9.18 Å². The molecule has 4 heteroatoms. The third-order valence-corrected chi connectivity index (χ3v) is 3.03. The quantitative estimate of drug-likeness (QED) is 0.823. The van der Waals surface area contributed by atoms with Gasteiger partial charge in [-0.3, -0.25) is 0 Å². The van der Waals surface area contributed by atoms with Crippen molar-refractivity contribution in [2.45, 2.75) is 13.0 Å². The molecule has 0 radical (unpaired) electrons. The minimum Gasteiger partial charge on any atom is -0.445 e. The molecule has 0 bridgehead atoms. The Kier molecular flexibility index (Phi) is 4.34. The van der Waals surface area contributed by atoms with Crippen LogP contribution in [0.25, 0.3) is 0 Å². The normalized spacial score (nSPS) is 19.4. The molecule has 1 saturated heterocycles. The average molecular weight is 249 g/mol. The summed E-state index contributed by atoms with van der Waals surface area (Å²) in [5.74, 6) is 0.110. The molecule has 2 rings (SSSR count). The molecule has 1 aromatic rings. The van der Waals surface area contributed by atoms with Crippen molar-refractivity contribution in [3.63, 3.8) is 0 Å². The summed E-state index contributed by atoms with van der Waals surface area (Å²) in [6, 6.07) is 9.54. The standard InChI is InChI=1S/C14H16FNO2/c15-8-6-12-7-9-16(10-12)14(17)18-11-13-4-2-1-3-5-13/h1-6,8,12H,7,9-11H2/b8-6+. The van der Waals surface area contributed by atoms with Gasteiger partial charge in [-0.05, 0) is 17.9 Å². The zero-order valence-electron chi connectivity index (χ0n) is 10.1. The number of carbonyl (C=O) groups is 1. The van der Waals surface area contributed by atoms with Gasteiger partial charge in [0.05, 0.1) is 6.33 Å². The van der Waals surface area contributed by atoms with Crippen LogP contribution in [0.1, 0.15) is 12.0 Å². The van der Waals surface area contributed by atoms with Gasteiger partial charge in [-0.25, -0.2) is 9.18 Å². The molecule has 96 valence electrons. The molecule has 0 aromatic heterocycles. The van der Waals surface area contributed by atoms with E-state index in [0.29, 0.717) is 19.4 Å². The predicted octanol–water partition coefficient (Wildman–Crippen LogP) is 3.13. The van der Waals surface area contributed by atoms with Gasteiger partial charge in [0.25, 0.3) is 0 Å². The second-order valence-corrected chi connectivity index (χ2v) is 4.35. The van der Waals surface area contributed by atoms with Crippen molar-refractivity contribution in [1.82, 2.24) is 4.90 Å². The molecule has 0 saturated carbocycles. The summed E-state index contributed by atoms with van der Waals surface area (Å²) >= 11 is 0. The first-order valence-electron chi connectivity index (χ1n) is 6.02. The lowest BCUT2D eigenvalue weighted by molar-refractivity contribution is 0.103. The molecule has 1 heterocycles. The smallest absolute Gasteiger partial charge is 0.410 e. The number of halogens is 1. The van der Waals surface area contributed by atoms with Crippen molar-refractivity contribution in [1.29, 1.82) is 0 Å². The van der Waals surface area contributed by atoms with E-state index in [1.54, 1.807) is 4.90 Å². The van der Waals surface area contributed by atoms with Gasteiger partial charge in [-0.15, -0.1) is 0 Å². The molecule has 0 N–H and O–H groups in total. The summed E-state index contributed by atoms with van der Waals surface area (Å²) in [5, 5.41) is 0. The van der Waals surface area contributed by atoms with Crippen LogP contribution in [0.3, 0.4) is 0 Å². The Morgan fingerprint density at radius 3 is 2.94 bits per heavy atom. The maximum Gasteiger partial charge on any atom is 0.410 e. The Bertz CT molecular complexity index is 419. The van der Waals surface area contributed by atoms with Crippen LogP contribution in [0.2, 0.25) is 0 Å². The minimum atomic E-state index is -0.325. The summed E-state index contributed by atoms with van der Waals surface area (Å²) < 4.78 is 17.2. The monoisotopic (exact) mass is 249 g/mol. The van der Waals surface area contributed by atoms with Crippen LogP contribution in [0.5, 0.6) is 0 Å². The summed E-state index contributed by atoms with van der Waals surface area (Å²) in [4.78, 5) is 13.4. The fourth-order valence-electron chi connectivity index (χ4n) is 2.02. The maximum absolute atomic E-state index is 12.0. The Hall–Kier alpha value is -1.84. The molecule has 0 aliphatic carbocycles. The zero-order chi connectivity index (χ0) is 12.8. The highest BCUT2D eigenvalue weighted by atomic mass is 19.1. The van der Waals surface area contributed by atoms with Crippen LogP contribution < -0.4 is 0 Å². The number of likely N-dealkylation sites (tertiary alicyclic amines) is 1. The molecule has 1 unspecified atom stereocenters. The topological polar surface area (TPSA) is 29.5 Å². The molecule has 18 heavy (non-hydrogen) atoms. The van der Waals surface area contributed by atoms with E-state index in [2.05, 4.69) is 0 Å². The fourth-order valence-corrected chi connectivity index (χ4v) is 2.02. The average Bonchev–Trinajstić information content (AvgIpc) is 2.86. The van der Waals surface area contributed by atoms with Crippen LogP contribution in [-0.2, 0) is 11.3 Å². The van der Waals surface area contributed by atoms with Gasteiger partial charge in [0.1, 0.15) is 6.61 Å². The lowest BCUT2D eigenvalue weighted by Gasteiger charge is -2.15. The first-order chi connectivity index (χ1) is 8.79. The molecule has 0 spiro atoms. The molecule has 1 atom stereocenters. The van der Waals surface area contributed by atoms with E-state index in [0.717, 1.165) is 12.0 Å². The number of hydrogen-bond donors (Lipinski definition) is 0. The molecule has 1 fully saturated rings. The third kappa shape index (κ3) is 3.32. The van der Waals surface area contributed by atoms with Gasteiger partial charge in [-0.2, -0.15) is 0 Å². The number of hydrogen-bond acceptors (Lipinski definition) is 2. The summed E-state index contributed by atoms with van der Waals surface area (Å²) in [6.07, 6.45) is 2.50. The van der Waals surface area contributed by atoms with Crippen molar-refractivity contribution in [2.75, 3.05) is 13.1 Å². The van der Waals surface area contributed by atoms with E-state index >= 15 is 0 Å². The zero-order valence-corrected chi connectivity index (χ0v) is 10.1. The van der Waals surface area contributed by atoms with Crippen molar-refractivity contribution in [3.8, 4) is 0 Å². The van der Waals surface area contributed by atoms with Crippen LogP contribution in [-0.4, -0.2) is 24.1 Å². The van der Waals surface area contributed by atoms with Gasteiger partial charge in [0, 0.05) is 13.1 Å². The first-order valence-corrected chi connectivity index (χ1v) is 6.02. The Morgan fingerprint density at radius 2 is 2.22 bits per heavy atom. The largest absolute Gasteiger partial charge is 0.445 e. The molecule has 1 aliphatic heterocycles. The van der Waals surface area contributed by atoms with Crippen molar-refractivity contribution in [2.24, 2.45) is 5.92 Å². The Balaban J connectivity index is 1.79. The Labute approximate surface area is 106 Å². The van der Waals surface area contributed by atoms with E-state index in [-0.39, 0.29) is 18.6 Å². The summed E-state index contributed by atoms with van der Waals surface area (Å²) in [7, 11) is 0. The van der Waals surface area contributed by atoms with Crippen LogP contribution in [0.4, 0.5) is 9.18 Å². The van der Waals surface area contributed by atoms with Gasteiger partial charge < -0.3 is 9.64 Å². The predicted molar refractivity (Wildman–Crippen MR) is 66.6 cm³/mol. The highest BCUT2D eigenvalue weighted by Crippen LogP contribution is 2.18. The minimum absolute atomic E-state index is 0.110. The molecule has 3 nitrogen and oxygen atoms in total. The fraction of sp³-hybridized carbons (Fsp3) is 0.357. The van der Waals surface area contributed by atoms with Gasteiger partial charge in [0.15, 0.2) is 0 Å². The number of amides is 1. The van der Waals surface area contributed by atoms with Crippen molar-refractivity contribution < 1.29 is 13.9 Å². The summed E-state index contributed by atoms with van der Waals surface area (Å²) in [6.45, 7) is 1.44. The van der Waals surface area contributed by atoms with Gasteiger partial charge in [-0.1, -0.05) is 36.4 Å². The van der Waals surface area contributed by atoms with Crippen LogP contribution >= 0.6 is 0 Å². The maximum atomic E-state index is 12.0. The second-order valence-electron chi connectivity index (χ2n) is 4.35. The number of rotatable bonds is 3. The SMILES string of the molecule is O=C(OCc1ccccc1)N1CCC(/C=C/F)C1. The van der Waals surface area contributed by atoms with Crippen LogP contribution in [0.15, 0.2) is 42.7 Å². The molecule has 1 aromatic carbocycles. The van der Waals surface area contributed by atoms with Gasteiger partial charge >= 0.3 is 6.09 Å². The first kappa shape index (κ1) is 12.6.